The summed E-state index contributed by atoms with van der Waals surface area (Å²) in [4.78, 5) is 36.6. The van der Waals surface area contributed by atoms with E-state index in [0.717, 1.165) is 65.5 Å². The Bertz CT molecular complexity index is 2450. The summed E-state index contributed by atoms with van der Waals surface area (Å²) in [6.07, 6.45) is 13.5. The Labute approximate surface area is 312 Å². The summed E-state index contributed by atoms with van der Waals surface area (Å²) in [5.41, 5.74) is 20.0. The molecule has 54 heavy (non-hydrogen) atoms. The lowest BCUT2D eigenvalue weighted by Gasteiger charge is -2.48. The Balaban J connectivity index is 1.42. The molecule has 5 aliphatic rings. The number of ether oxygens (including phenoxy) is 2. The van der Waals surface area contributed by atoms with Gasteiger partial charge >= 0.3 is 5.97 Å². The van der Waals surface area contributed by atoms with Crippen LogP contribution < -0.4 is 21.6 Å². The third-order valence-electron chi connectivity index (χ3n) is 12.9. The smallest absolute Gasteiger partial charge is 0.333 e. The van der Waals surface area contributed by atoms with Crippen molar-refractivity contribution in [3.63, 3.8) is 0 Å². The highest BCUT2D eigenvalue weighted by Gasteiger charge is 2.57. The van der Waals surface area contributed by atoms with Crippen LogP contribution in [-0.4, -0.2) is 37.9 Å². The predicted octanol–water partition coefficient (Wildman–Crippen LogP) is 6.18. The van der Waals surface area contributed by atoms with Crippen LogP contribution in [0.3, 0.4) is 0 Å². The molecule has 4 aromatic rings. The minimum Gasteiger partial charge on any atom is -0.507 e. The molecule has 0 saturated heterocycles. The molecular weight excluding hydrogens is 684 g/mol. The number of hydrogen-bond donors (Lipinski definition) is 4. The van der Waals surface area contributed by atoms with Crippen LogP contribution in [0.4, 0.5) is 11.6 Å². The molecule has 3 aliphatic carbocycles. The van der Waals surface area contributed by atoms with Gasteiger partial charge in [0.15, 0.2) is 11.0 Å². The largest absolute Gasteiger partial charge is 0.507 e. The molecule has 2 aliphatic heterocycles. The van der Waals surface area contributed by atoms with Crippen LogP contribution in [0.5, 0.6) is 11.5 Å². The summed E-state index contributed by atoms with van der Waals surface area (Å²) >= 11 is 0. The van der Waals surface area contributed by atoms with E-state index in [9.17, 15) is 19.8 Å². The van der Waals surface area contributed by atoms with E-state index in [0.29, 0.717) is 46.9 Å². The van der Waals surface area contributed by atoms with Gasteiger partial charge in [0, 0.05) is 64.9 Å². The number of anilines is 2. The van der Waals surface area contributed by atoms with Gasteiger partial charge in [0.25, 0.3) is 0 Å². The van der Waals surface area contributed by atoms with E-state index < -0.39 is 35.6 Å². The highest BCUT2D eigenvalue weighted by molar-refractivity contribution is 5.94. The highest BCUT2D eigenvalue weighted by Crippen LogP contribution is 2.61. The molecule has 1 aromatic carbocycles. The molecule has 3 aromatic heterocycles. The van der Waals surface area contributed by atoms with Gasteiger partial charge in [-0.3, -0.25) is 4.79 Å². The quantitative estimate of drug-likeness (QED) is 0.140. The number of hydrogen-bond acceptors (Lipinski definition) is 11. The van der Waals surface area contributed by atoms with Crippen molar-refractivity contribution in [2.75, 3.05) is 11.5 Å². The van der Waals surface area contributed by atoms with Gasteiger partial charge in [-0.1, -0.05) is 37.0 Å². The summed E-state index contributed by atoms with van der Waals surface area (Å²) in [6.45, 7) is 4.97. The van der Waals surface area contributed by atoms with Gasteiger partial charge in [-0.25, -0.2) is 14.8 Å². The lowest BCUT2D eigenvalue weighted by Crippen LogP contribution is -2.57. The van der Waals surface area contributed by atoms with E-state index in [1.807, 2.05) is 25.3 Å². The fraction of sp³-hybridized carbons (Fsp3) is 0.395. The van der Waals surface area contributed by atoms with Gasteiger partial charge in [0.2, 0.25) is 0 Å². The summed E-state index contributed by atoms with van der Waals surface area (Å²) in [5.74, 6) is 0.0393. The van der Waals surface area contributed by atoms with Crippen molar-refractivity contribution in [3.05, 3.63) is 109 Å². The van der Waals surface area contributed by atoms with Crippen molar-refractivity contribution in [2.24, 2.45) is 11.3 Å². The first kappa shape index (κ1) is 34.4. The highest BCUT2D eigenvalue weighted by atomic mass is 16.6. The number of carbonyl (C=O) groups excluding carboxylic acids is 1. The predicted molar refractivity (Wildman–Crippen MR) is 204 cm³/mol. The van der Waals surface area contributed by atoms with Crippen LogP contribution in [0.1, 0.15) is 92.0 Å². The number of pyridine rings is 2. The standard InChI is InChI=1S/C43H44N4O7/c1-4-21(2)41(51)53-32-17-26-37(50)36-31(49)16-25(20-48)52-39(36)27-12-22-8-11-46-40(45)34(22)28-18-43(9-6-5-7-10-43)30-13-23-15-33(44)47-19-24(23)14-29(35(28)30)42(32,3)54-38(26)27/h4,8,11,15-16,18-19,29,32,48,50H,5-7,9-10,12-14,17,20H2,1-3H3,(H2,44,47)(H2,45,46). The number of aromatic hydroxyl groups is 1. The van der Waals surface area contributed by atoms with Crippen LogP contribution in [0.25, 0.3) is 16.5 Å². The van der Waals surface area contributed by atoms with Gasteiger partial charge in [0.05, 0.1) is 0 Å². The minimum absolute atomic E-state index is 0.0281. The molecule has 6 N–H and O–H groups in total. The Morgan fingerprint density at radius 2 is 1.87 bits per heavy atom. The van der Waals surface area contributed by atoms with Crippen molar-refractivity contribution in [1.29, 1.82) is 0 Å². The number of nitrogens with two attached hydrogens (primary N) is 2. The number of aliphatic hydroxyl groups excluding tert-OH is 1. The molecular formula is C43H44N4O7. The summed E-state index contributed by atoms with van der Waals surface area (Å²) in [5, 5.41) is 22.1. The van der Waals surface area contributed by atoms with E-state index >= 15 is 0 Å². The van der Waals surface area contributed by atoms with Crippen molar-refractivity contribution in [1.82, 2.24) is 9.97 Å². The number of phenolic OH excluding ortho intramolecular Hbond substituents is 1. The van der Waals surface area contributed by atoms with E-state index in [2.05, 4.69) is 16.0 Å². The summed E-state index contributed by atoms with van der Waals surface area (Å²) in [6, 6.07) is 5.11. The maximum absolute atomic E-state index is 13.8. The lowest BCUT2D eigenvalue weighted by molar-refractivity contribution is -0.162. The number of rotatable bonds is 3. The van der Waals surface area contributed by atoms with Crippen molar-refractivity contribution in [3.8, 4) is 11.5 Å². The Hall–Kier alpha value is -5.42. The van der Waals surface area contributed by atoms with Gasteiger partial charge in [-0.15, -0.1) is 0 Å². The van der Waals surface area contributed by atoms with Gasteiger partial charge in [0.1, 0.15) is 52.6 Å². The number of carbonyl (C=O) groups is 1. The zero-order valence-electron chi connectivity index (χ0n) is 30.8. The van der Waals surface area contributed by atoms with Crippen molar-refractivity contribution < 1.29 is 28.9 Å². The van der Waals surface area contributed by atoms with Crippen LogP contribution in [-0.2, 0) is 41.8 Å². The fourth-order valence-corrected chi connectivity index (χ4v) is 9.98. The molecule has 5 heterocycles. The van der Waals surface area contributed by atoms with Crippen LogP contribution in [0.15, 0.2) is 68.7 Å². The monoisotopic (exact) mass is 728 g/mol. The van der Waals surface area contributed by atoms with Crippen LogP contribution in [0, 0.1) is 11.3 Å². The molecule has 0 radical (unpaired) electrons. The number of benzene rings is 1. The lowest BCUT2D eigenvalue weighted by atomic mass is 9.67. The molecule has 11 nitrogen and oxygen atoms in total. The molecule has 278 valence electrons. The topological polar surface area (TPSA) is 184 Å². The van der Waals surface area contributed by atoms with Crippen LogP contribution in [0.2, 0.25) is 0 Å². The fourth-order valence-electron chi connectivity index (χ4n) is 9.98. The Morgan fingerprint density at radius 1 is 1.07 bits per heavy atom. The third-order valence-corrected chi connectivity index (χ3v) is 12.9. The molecule has 0 amide bonds. The number of nitrogens with zero attached hydrogens (tertiary/aromatic N) is 2. The van der Waals surface area contributed by atoms with E-state index in [-0.39, 0.29) is 40.7 Å². The second kappa shape index (κ2) is 12.3. The molecule has 1 saturated carbocycles. The SMILES string of the molecule is CC=C(C)C(=O)OC1Cc2c3c(c4oc(CO)cc(=O)c4c2O)Cc2ccnc(N)c2C2=CC4(CCCCC4)C4=C2C(Cc2cnc(N)cc2C4)C1(C)O3. The maximum Gasteiger partial charge on any atom is 0.333 e. The molecule has 11 heteroatoms. The summed E-state index contributed by atoms with van der Waals surface area (Å²) in [7, 11) is 0. The molecule has 3 unspecified atom stereocenters. The van der Waals surface area contributed by atoms with E-state index in [4.69, 9.17) is 25.4 Å². The maximum atomic E-state index is 13.8. The normalized spacial score (nSPS) is 23.9. The minimum atomic E-state index is -1.22. The molecule has 3 atom stereocenters. The van der Waals surface area contributed by atoms with Gasteiger partial charge < -0.3 is 35.6 Å². The number of nitrogen functional groups attached to an aromatic ring is 2. The second-order valence-corrected chi connectivity index (χ2v) is 15.8. The number of aliphatic hydroxyl groups is 1. The zero-order chi connectivity index (χ0) is 37.7. The van der Waals surface area contributed by atoms with Crippen LogP contribution >= 0.6 is 0 Å². The van der Waals surface area contributed by atoms with Gasteiger partial charge in [-0.2, -0.15) is 0 Å². The second-order valence-electron chi connectivity index (χ2n) is 15.8. The number of fused-ring (bicyclic) bond motifs is 8. The average molecular weight is 729 g/mol. The van der Waals surface area contributed by atoms with Gasteiger partial charge in [-0.05, 0) is 86.4 Å². The first-order chi connectivity index (χ1) is 26.0. The first-order valence-electron chi connectivity index (χ1n) is 18.9. The number of phenols is 1. The third kappa shape index (κ3) is 4.97. The van der Waals surface area contributed by atoms with Crippen molar-refractivity contribution >= 4 is 34.1 Å². The number of aromatic nitrogens is 2. The number of esters is 1. The van der Waals surface area contributed by atoms with E-state index in [1.165, 1.54) is 11.6 Å². The first-order valence-corrected chi connectivity index (χ1v) is 18.9. The Kier molecular flexibility index (Phi) is 7.83. The molecule has 9 rings (SSSR count). The molecule has 1 fully saturated rings. The Morgan fingerprint density at radius 3 is 2.63 bits per heavy atom. The zero-order valence-corrected chi connectivity index (χ0v) is 30.8. The van der Waals surface area contributed by atoms with Crippen molar-refractivity contribution in [2.45, 2.75) is 96.9 Å². The number of allylic oxidation sites excluding steroid dienone is 4. The molecule has 2 bridgehead atoms. The molecule has 1 spiro atoms. The summed E-state index contributed by atoms with van der Waals surface area (Å²) < 4.78 is 20.1. The average Bonchev–Trinajstić information content (AvgIpc) is 3.31. The van der Waals surface area contributed by atoms with E-state index in [1.54, 1.807) is 26.1 Å².